The minimum absolute atomic E-state index is 0.355. The van der Waals surface area contributed by atoms with Crippen LogP contribution >= 0.6 is 0 Å². The van der Waals surface area contributed by atoms with Gasteiger partial charge >= 0.3 is 0 Å². The standard InChI is InChI=1S/C23H22N2/c1-15-8-9-20-21-13-18-7-5-4-6-17(18)12-19(21)14-22(20)23(15)25-11-10-24(3)16(25)2/h4-13,16H,14H2,1-3H3/t16-/m0/s1. The molecule has 0 radical (unpaired) electrons. The highest BCUT2D eigenvalue weighted by Gasteiger charge is 2.29. The van der Waals surface area contributed by atoms with E-state index < -0.39 is 0 Å². The van der Waals surface area contributed by atoms with E-state index in [0.717, 1.165) is 6.42 Å². The summed E-state index contributed by atoms with van der Waals surface area (Å²) in [5, 5.41) is 2.66. The van der Waals surface area contributed by atoms with Crippen molar-refractivity contribution in [3.05, 3.63) is 77.6 Å². The summed E-state index contributed by atoms with van der Waals surface area (Å²) >= 11 is 0. The van der Waals surface area contributed by atoms with Crippen LogP contribution in [-0.4, -0.2) is 18.1 Å². The van der Waals surface area contributed by atoms with Crippen LogP contribution in [0.4, 0.5) is 5.69 Å². The molecule has 0 aromatic heterocycles. The highest BCUT2D eigenvalue weighted by molar-refractivity contribution is 5.93. The monoisotopic (exact) mass is 326 g/mol. The Morgan fingerprint density at radius 3 is 2.40 bits per heavy atom. The molecule has 0 amide bonds. The van der Waals surface area contributed by atoms with Crippen LogP contribution in [0.3, 0.4) is 0 Å². The molecule has 1 heterocycles. The average Bonchev–Trinajstić information content (AvgIpc) is 3.13. The van der Waals surface area contributed by atoms with Crippen LogP contribution in [0.25, 0.3) is 21.9 Å². The van der Waals surface area contributed by atoms with Crippen molar-refractivity contribution in [2.75, 3.05) is 11.9 Å². The van der Waals surface area contributed by atoms with Crippen LogP contribution in [0, 0.1) is 6.92 Å². The zero-order valence-electron chi connectivity index (χ0n) is 15.0. The van der Waals surface area contributed by atoms with Gasteiger partial charge in [-0.1, -0.05) is 42.5 Å². The van der Waals surface area contributed by atoms with Gasteiger partial charge in [-0.25, -0.2) is 0 Å². The molecule has 2 nitrogen and oxygen atoms in total. The van der Waals surface area contributed by atoms with E-state index in [2.05, 4.69) is 91.6 Å². The molecule has 124 valence electrons. The highest BCUT2D eigenvalue weighted by Crippen LogP contribution is 2.45. The molecule has 3 aromatic rings. The van der Waals surface area contributed by atoms with Crippen molar-refractivity contribution in [3.63, 3.8) is 0 Å². The Morgan fingerprint density at radius 1 is 0.920 bits per heavy atom. The molecule has 1 aliphatic heterocycles. The number of fused-ring (bicyclic) bond motifs is 4. The summed E-state index contributed by atoms with van der Waals surface area (Å²) in [5.41, 5.74) is 8.45. The zero-order chi connectivity index (χ0) is 17.1. The van der Waals surface area contributed by atoms with Gasteiger partial charge in [-0.15, -0.1) is 0 Å². The molecule has 0 saturated heterocycles. The van der Waals surface area contributed by atoms with Crippen LogP contribution in [0.1, 0.15) is 23.6 Å². The largest absolute Gasteiger partial charge is 0.359 e. The minimum Gasteiger partial charge on any atom is -0.359 e. The second-order valence-electron chi connectivity index (χ2n) is 7.29. The third-order valence-corrected chi connectivity index (χ3v) is 5.83. The van der Waals surface area contributed by atoms with Crippen molar-refractivity contribution >= 4 is 16.5 Å². The molecular formula is C23H22N2. The van der Waals surface area contributed by atoms with Gasteiger partial charge in [0, 0.05) is 31.6 Å². The molecule has 25 heavy (non-hydrogen) atoms. The van der Waals surface area contributed by atoms with Crippen molar-refractivity contribution in [2.24, 2.45) is 0 Å². The van der Waals surface area contributed by atoms with Gasteiger partial charge in [0.2, 0.25) is 0 Å². The van der Waals surface area contributed by atoms with Gasteiger partial charge in [-0.05, 0) is 58.5 Å². The lowest BCUT2D eigenvalue weighted by Gasteiger charge is -2.30. The summed E-state index contributed by atoms with van der Waals surface area (Å²) in [7, 11) is 2.14. The van der Waals surface area contributed by atoms with Gasteiger partial charge in [0.1, 0.15) is 6.17 Å². The molecular weight excluding hydrogens is 304 g/mol. The summed E-state index contributed by atoms with van der Waals surface area (Å²) in [4.78, 5) is 4.68. The van der Waals surface area contributed by atoms with Crippen molar-refractivity contribution in [3.8, 4) is 11.1 Å². The number of aryl methyl sites for hydroxylation is 1. The predicted molar refractivity (Wildman–Crippen MR) is 106 cm³/mol. The van der Waals surface area contributed by atoms with Crippen LogP contribution < -0.4 is 4.90 Å². The average molecular weight is 326 g/mol. The van der Waals surface area contributed by atoms with Gasteiger partial charge in [0.05, 0.1) is 0 Å². The maximum absolute atomic E-state index is 2.42. The molecule has 3 aromatic carbocycles. The third kappa shape index (κ3) is 2.03. The maximum Gasteiger partial charge on any atom is 0.102 e. The van der Waals surface area contributed by atoms with E-state index in [0.29, 0.717) is 6.17 Å². The van der Waals surface area contributed by atoms with E-state index in [1.165, 1.54) is 44.3 Å². The van der Waals surface area contributed by atoms with Crippen molar-refractivity contribution in [1.82, 2.24) is 4.90 Å². The minimum atomic E-state index is 0.355. The number of hydrogen-bond donors (Lipinski definition) is 0. The van der Waals surface area contributed by atoms with Gasteiger partial charge in [0.15, 0.2) is 0 Å². The number of rotatable bonds is 1. The lowest BCUT2D eigenvalue weighted by atomic mass is 9.99. The second-order valence-corrected chi connectivity index (χ2v) is 7.29. The number of hydrogen-bond acceptors (Lipinski definition) is 2. The molecule has 2 aliphatic rings. The second kappa shape index (κ2) is 5.13. The first kappa shape index (κ1) is 14.6. The molecule has 0 spiro atoms. The molecule has 0 bridgehead atoms. The molecule has 0 unspecified atom stereocenters. The fourth-order valence-electron chi connectivity index (χ4n) is 4.30. The predicted octanol–water partition coefficient (Wildman–Crippen LogP) is 5.29. The summed E-state index contributed by atoms with van der Waals surface area (Å²) in [6.45, 7) is 4.49. The Bertz CT molecular complexity index is 1030. The van der Waals surface area contributed by atoms with Crippen LogP contribution in [0.15, 0.2) is 60.9 Å². The first-order valence-corrected chi connectivity index (χ1v) is 8.96. The molecule has 2 heteroatoms. The number of benzene rings is 3. The zero-order valence-corrected chi connectivity index (χ0v) is 15.0. The molecule has 1 aliphatic carbocycles. The van der Waals surface area contributed by atoms with Gasteiger partial charge < -0.3 is 9.80 Å². The molecule has 0 N–H and O–H groups in total. The Hall–Kier alpha value is -2.74. The lowest BCUT2D eigenvalue weighted by Crippen LogP contribution is -2.34. The van der Waals surface area contributed by atoms with Crippen molar-refractivity contribution < 1.29 is 0 Å². The highest BCUT2D eigenvalue weighted by atomic mass is 15.4. The number of anilines is 1. The fourth-order valence-corrected chi connectivity index (χ4v) is 4.30. The lowest BCUT2D eigenvalue weighted by molar-refractivity contribution is 0.382. The maximum atomic E-state index is 2.42. The van der Waals surface area contributed by atoms with E-state index in [-0.39, 0.29) is 0 Å². The SMILES string of the molecule is Cc1ccc2c(c1N1C=CN(C)[C@@H]1C)Cc1cc3ccccc3cc1-2. The summed E-state index contributed by atoms with van der Waals surface area (Å²) < 4.78 is 0. The Kier molecular flexibility index (Phi) is 2.99. The van der Waals surface area contributed by atoms with E-state index in [4.69, 9.17) is 0 Å². The summed E-state index contributed by atoms with van der Waals surface area (Å²) in [5.74, 6) is 0. The summed E-state index contributed by atoms with van der Waals surface area (Å²) in [6, 6.07) is 18.0. The van der Waals surface area contributed by atoms with E-state index in [1.807, 2.05) is 0 Å². The van der Waals surface area contributed by atoms with Gasteiger partial charge in [-0.2, -0.15) is 0 Å². The van der Waals surface area contributed by atoms with Crippen LogP contribution in [0.5, 0.6) is 0 Å². The molecule has 0 fully saturated rings. The third-order valence-electron chi connectivity index (χ3n) is 5.83. The van der Waals surface area contributed by atoms with Crippen LogP contribution in [-0.2, 0) is 6.42 Å². The topological polar surface area (TPSA) is 6.48 Å². The van der Waals surface area contributed by atoms with E-state index in [1.54, 1.807) is 0 Å². The Balaban J connectivity index is 1.71. The van der Waals surface area contributed by atoms with Gasteiger partial charge in [0.25, 0.3) is 0 Å². The molecule has 5 rings (SSSR count). The van der Waals surface area contributed by atoms with Crippen molar-refractivity contribution in [1.29, 1.82) is 0 Å². The van der Waals surface area contributed by atoms with Crippen molar-refractivity contribution in [2.45, 2.75) is 26.4 Å². The Morgan fingerprint density at radius 2 is 1.68 bits per heavy atom. The van der Waals surface area contributed by atoms with Gasteiger partial charge in [-0.3, -0.25) is 0 Å². The fraction of sp³-hybridized carbons (Fsp3) is 0.217. The quantitative estimate of drug-likeness (QED) is 0.469. The normalized spacial score (nSPS) is 18.1. The molecule has 0 saturated carbocycles. The Labute approximate surface area is 149 Å². The smallest absolute Gasteiger partial charge is 0.102 e. The first-order valence-electron chi connectivity index (χ1n) is 8.96. The number of nitrogens with zero attached hydrogens (tertiary/aromatic N) is 2. The van der Waals surface area contributed by atoms with E-state index in [9.17, 15) is 0 Å². The molecule has 1 atom stereocenters. The first-order chi connectivity index (χ1) is 12.1. The van der Waals surface area contributed by atoms with E-state index >= 15 is 0 Å². The summed E-state index contributed by atoms with van der Waals surface area (Å²) in [6.07, 6.45) is 5.76. The van der Waals surface area contributed by atoms with Crippen LogP contribution in [0.2, 0.25) is 0 Å².